The maximum absolute atomic E-state index is 12.3. The first-order valence-electron chi connectivity index (χ1n) is 11.8. The second-order valence-electron chi connectivity index (χ2n) is 8.47. The fraction of sp³-hybridized carbons (Fsp3) is 0.346. The normalized spacial score (nSPS) is 15.6. The molecule has 0 saturated carbocycles. The van der Waals surface area contributed by atoms with Gasteiger partial charge in [0.1, 0.15) is 31.1 Å². The number of hydrogen-bond donors (Lipinski definition) is 1. The molecule has 0 spiro atoms. The molecule has 1 saturated heterocycles. The Balaban J connectivity index is 1.32. The minimum Gasteiger partial charge on any atom is -0.492 e. The molecule has 0 aliphatic carbocycles. The number of fused-ring (bicyclic) bond motifs is 3. The van der Waals surface area contributed by atoms with Crippen LogP contribution in [0.3, 0.4) is 0 Å². The van der Waals surface area contributed by atoms with Gasteiger partial charge >= 0.3 is 0 Å². The summed E-state index contributed by atoms with van der Waals surface area (Å²) in [6.45, 7) is 9.06. The van der Waals surface area contributed by atoms with Crippen molar-refractivity contribution in [2.24, 2.45) is 0 Å². The van der Waals surface area contributed by atoms with Crippen molar-refractivity contribution in [2.75, 3.05) is 49.6 Å². The molecule has 0 bridgehead atoms. The van der Waals surface area contributed by atoms with Crippen molar-refractivity contribution in [2.45, 2.75) is 19.4 Å². The molecule has 2 aromatic carbocycles. The molecule has 3 heterocycles. The topological polar surface area (TPSA) is 79.8 Å². The number of aromatic nitrogens is 2. The molecular formula is C26H29N5O3. The first-order valence-corrected chi connectivity index (χ1v) is 11.8. The molecule has 3 aromatic rings. The van der Waals surface area contributed by atoms with E-state index in [4.69, 9.17) is 9.47 Å². The van der Waals surface area contributed by atoms with Crippen molar-refractivity contribution in [3.8, 4) is 11.5 Å². The third kappa shape index (κ3) is 4.68. The van der Waals surface area contributed by atoms with Gasteiger partial charge in [0.05, 0.1) is 23.1 Å². The molecule has 0 unspecified atom stereocenters. The van der Waals surface area contributed by atoms with Crippen LogP contribution in [0, 0.1) is 0 Å². The molecular weight excluding hydrogens is 430 g/mol. The maximum atomic E-state index is 12.3. The number of amides is 1. The Kier molecular flexibility index (Phi) is 6.58. The van der Waals surface area contributed by atoms with Crippen LogP contribution in [0.2, 0.25) is 0 Å². The summed E-state index contributed by atoms with van der Waals surface area (Å²) in [6, 6.07) is 11.8. The van der Waals surface area contributed by atoms with E-state index in [0.717, 1.165) is 28.8 Å². The number of hydrogen-bond acceptors (Lipinski definition) is 7. The summed E-state index contributed by atoms with van der Waals surface area (Å²) in [4.78, 5) is 25.3. The van der Waals surface area contributed by atoms with Crippen LogP contribution in [0.1, 0.15) is 18.4 Å². The largest absolute Gasteiger partial charge is 0.492 e. The number of nitrogens with zero attached hydrogens (tertiary/aromatic N) is 4. The predicted molar refractivity (Wildman–Crippen MR) is 133 cm³/mol. The first-order chi connectivity index (χ1) is 16.7. The van der Waals surface area contributed by atoms with Crippen LogP contribution in [0.4, 0.5) is 11.5 Å². The highest BCUT2D eigenvalue weighted by Crippen LogP contribution is 2.40. The minimum atomic E-state index is -0.156. The quantitative estimate of drug-likeness (QED) is 0.515. The molecule has 2 aliphatic rings. The van der Waals surface area contributed by atoms with Gasteiger partial charge in [-0.1, -0.05) is 18.7 Å². The van der Waals surface area contributed by atoms with Gasteiger partial charge < -0.3 is 19.7 Å². The van der Waals surface area contributed by atoms with E-state index in [-0.39, 0.29) is 5.91 Å². The van der Waals surface area contributed by atoms with E-state index in [1.807, 2.05) is 24.3 Å². The van der Waals surface area contributed by atoms with Gasteiger partial charge in [-0.25, -0.2) is 9.97 Å². The molecule has 5 rings (SSSR count). The van der Waals surface area contributed by atoms with Gasteiger partial charge in [-0.05, 0) is 61.8 Å². The average molecular weight is 460 g/mol. The van der Waals surface area contributed by atoms with E-state index < -0.39 is 0 Å². The van der Waals surface area contributed by atoms with E-state index in [0.29, 0.717) is 43.6 Å². The van der Waals surface area contributed by atoms with Crippen LogP contribution in [-0.4, -0.2) is 60.2 Å². The van der Waals surface area contributed by atoms with Crippen LogP contribution < -0.4 is 19.7 Å². The van der Waals surface area contributed by atoms with Crippen LogP contribution in [0.25, 0.3) is 10.9 Å². The molecule has 1 aromatic heterocycles. The van der Waals surface area contributed by atoms with E-state index in [9.17, 15) is 4.79 Å². The molecule has 8 nitrogen and oxygen atoms in total. The fourth-order valence-corrected chi connectivity index (χ4v) is 4.53. The van der Waals surface area contributed by atoms with Gasteiger partial charge in [-0.2, -0.15) is 0 Å². The number of likely N-dealkylation sites (tertiary alicyclic amines) is 1. The van der Waals surface area contributed by atoms with Crippen molar-refractivity contribution >= 4 is 28.3 Å². The zero-order valence-electron chi connectivity index (χ0n) is 19.2. The lowest BCUT2D eigenvalue weighted by Crippen LogP contribution is -2.36. The monoisotopic (exact) mass is 459 g/mol. The second-order valence-corrected chi connectivity index (χ2v) is 8.47. The van der Waals surface area contributed by atoms with Gasteiger partial charge in [0.2, 0.25) is 0 Å². The third-order valence-electron chi connectivity index (χ3n) is 6.26. The summed E-state index contributed by atoms with van der Waals surface area (Å²) in [5, 5.41) is 4.19. The highest BCUT2D eigenvalue weighted by atomic mass is 16.5. The zero-order chi connectivity index (χ0) is 23.3. The Morgan fingerprint density at radius 2 is 2.06 bits per heavy atom. The van der Waals surface area contributed by atoms with E-state index in [2.05, 4.69) is 38.9 Å². The zero-order valence-corrected chi connectivity index (χ0v) is 19.2. The molecule has 0 radical (unpaired) electrons. The van der Waals surface area contributed by atoms with E-state index in [1.54, 1.807) is 4.90 Å². The van der Waals surface area contributed by atoms with Gasteiger partial charge in [0.15, 0.2) is 5.75 Å². The Morgan fingerprint density at radius 3 is 2.91 bits per heavy atom. The third-order valence-corrected chi connectivity index (χ3v) is 6.26. The number of carbonyl (C=O) groups is 1. The molecule has 1 fully saturated rings. The van der Waals surface area contributed by atoms with Crippen molar-refractivity contribution in [3.63, 3.8) is 0 Å². The SMILES string of the molecule is C=CC(=O)N1CCOc2c1ccc1ncnc(NCc3cccc(OCCN4CCCC4)c3)c21. The fourth-order valence-electron chi connectivity index (χ4n) is 4.53. The Morgan fingerprint density at radius 1 is 1.18 bits per heavy atom. The smallest absolute Gasteiger partial charge is 0.250 e. The lowest BCUT2D eigenvalue weighted by molar-refractivity contribution is -0.114. The number of ether oxygens (including phenoxy) is 2. The van der Waals surface area contributed by atoms with Gasteiger partial charge in [0, 0.05) is 13.1 Å². The maximum Gasteiger partial charge on any atom is 0.250 e. The lowest BCUT2D eigenvalue weighted by atomic mass is 10.1. The van der Waals surface area contributed by atoms with Gasteiger partial charge in [0.25, 0.3) is 5.91 Å². The molecule has 176 valence electrons. The van der Waals surface area contributed by atoms with Gasteiger partial charge in [-0.3, -0.25) is 9.69 Å². The Labute approximate surface area is 199 Å². The summed E-state index contributed by atoms with van der Waals surface area (Å²) < 4.78 is 12.0. The van der Waals surface area contributed by atoms with Crippen LogP contribution >= 0.6 is 0 Å². The molecule has 8 heteroatoms. The molecule has 1 N–H and O–H groups in total. The summed E-state index contributed by atoms with van der Waals surface area (Å²) in [7, 11) is 0. The standard InChI is InChI=1S/C26H29N5O3/c1-2-23(32)31-13-15-34-25-22(31)9-8-21-24(25)26(29-18-28-21)27-17-19-6-5-7-20(16-19)33-14-12-30-10-3-4-11-30/h2,5-9,16,18H,1,3-4,10-15,17H2,(H,27,28,29). The molecule has 34 heavy (non-hydrogen) atoms. The number of rotatable bonds is 8. The van der Waals surface area contributed by atoms with Crippen LogP contribution in [0.15, 0.2) is 55.4 Å². The van der Waals surface area contributed by atoms with Gasteiger partial charge in [-0.15, -0.1) is 0 Å². The summed E-state index contributed by atoms with van der Waals surface area (Å²) in [5.41, 5.74) is 2.54. The van der Waals surface area contributed by atoms with E-state index in [1.165, 1.54) is 38.3 Å². The number of carbonyl (C=O) groups excluding carboxylic acids is 1. The number of benzene rings is 2. The van der Waals surface area contributed by atoms with E-state index >= 15 is 0 Å². The van der Waals surface area contributed by atoms with Crippen molar-refractivity contribution in [1.82, 2.24) is 14.9 Å². The van der Waals surface area contributed by atoms with Crippen molar-refractivity contribution < 1.29 is 14.3 Å². The highest BCUT2D eigenvalue weighted by molar-refractivity contribution is 6.07. The lowest BCUT2D eigenvalue weighted by Gasteiger charge is -2.29. The van der Waals surface area contributed by atoms with Crippen molar-refractivity contribution in [3.05, 3.63) is 60.9 Å². The molecule has 2 aliphatic heterocycles. The summed E-state index contributed by atoms with van der Waals surface area (Å²) >= 11 is 0. The first kappa shape index (κ1) is 22.2. The molecule has 0 atom stereocenters. The summed E-state index contributed by atoms with van der Waals surface area (Å²) in [6.07, 6.45) is 5.43. The van der Waals surface area contributed by atoms with Crippen molar-refractivity contribution in [1.29, 1.82) is 0 Å². The highest BCUT2D eigenvalue weighted by Gasteiger charge is 2.25. The molecule has 1 amide bonds. The second kappa shape index (κ2) is 10.1. The van der Waals surface area contributed by atoms with Crippen LogP contribution in [0.5, 0.6) is 11.5 Å². The Bertz CT molecular complexity index is 1190. The van der Waals surface area contributed by atoms with Crippen LogP contribution in [-0.2, 0) is 11.3 Å². The average Bonchev–Trinajstić information content (AvgIpc) is 3.40. The number of nitrogens with one attached hydrogen (secondary N) is 1. The number of anilines is 2. The Hall–Kier alpha value is -3.65. The minimum absolute atomic E-state index is 0.156. The predicted octanol–water partition coefficient (Wildman–Crippen LogP) is 3.63. The summed E-state index contributed by atoms with van der Waals surface area (Å²) in [5.74, 6) is 1.98.